The summed E-state index contributed by atoms with van der Waals surface area (Å²) in [6.45, 7) is 6.72. The Morgan fingerprint density at radius 2 is 1.80 bits per heavy atom. The topological polar surface area (TPSA) is 32.3 Å². The van der Waals surface area contributed by atoms with Crippen LogP contribution in [0.3, 0.4) is 0 Å². The standard InChI is InChI=1S/C13H27NO/c1-4-5-11-6-8-12(9-7-11)14-10-13(2,3)15/h11-12,14-15H,4-10H2,1-3H3. The predicted molar refractivity (Wildman–Crippen MR) is 65.0 cm³/mol. The summed E-state index contributed by atoms with van der Waals surface area (Å²) in [5, 5.41) is 13.1. The summed E-state index contributed by atoms with van der Waals surface area (Å²) in [6.07, 6.45) is 8.06. The molecule has 0 heterocycles. The molecule has 15 heavy (non-hydrogen) atoms. The van der Waals surface area contributed by atoms with Gasteiger partial charge in [0.05, 0.1) is 5.60 Å². The Labute approximate surface area is 94.5 Å². The summed E-state index contributed by atoms with van der Waals surface area (Å²) in [4.78, 5) is 0. The molecule has 2 heteroatoms. The van der Waals surface area contributed by atoms with Gasteiger partial charge < -0.3 is 10.4 Å². The van der Waals surface area contributed by atoms with E-state index in [1.807, 2.05) is 13.8 Å². The van der Waals surface area contributed by atoms with Crippen LogP contribution in [0.15, 0.2) is 0 Å². The zero-order chi connectivity index (χ0) is 11.3. The lowest BCUT2D eigenvalue weighted by Crippen LogP contribution is -2.42. The summed E-state index contributed by atoms with van der Waals surface area (Å²) in [6, 6.07) is 0.643. The molecule has 0 unspecified atom stereocenters. The maximum Gasteiger partial charge on any atom is 0.0715 e. The van der Waals surface area contributed by atoms with Crippen LogP contribution in [0.4, 0.5) is 0 Å². The Balaban J connectivity index is 2.15. The van der Waals surface area contributed by atoms with Crippen molar-refractivity contribution >= 4 is 0 Å². The second kappa shape index (κ2) is 5.86. The van der Waals surface area contributed by atoms with Crippen molar-refractivity contribution in [2.24, 2.45) is 5.92 Å². The Bertz CT molecular complexity index is 166. The van der Waals surface area contributed by atoms with E-state index in [4.69, 9.17) is 0 Å². The van der Waals surface area contributed by atoms with Crippen LogP contribution in [0.2, 0.25) is 0 Å². The minimum Gasteiger partial charge on any atom is -0.389 e. The van der Waals surface area contributed by atoms with Crippen LogP contribution >= 0.6 is 0 Å². The summed E-state index contributed by atoms with van der Waals surface area (Å²) in [5.41, 5.74) is -0.569. The van der Waals surface area contributed by atoms with Crippen molar-refractivity contribution in [2.75, 3.05) is 6.54 Å². The molecule has 1 saturated carbocycles. The van der Waals surface area contributed by atoms with Gasteiger partial charge in [0.25, 0.3) is 0 Å². The smallest absolute Gasteiger partial charge is 0.0715 e. The van der Waals surface area contributed by atoms with Gasteiger partial charge in [-0.15, -0.1) is 0 Å². The van der Waals surface area contributed by atoms with E-state index in [1.54, 1.807) is 0 Å². The maximum absolute atomic E-state index is 9.62. The Hall–Kier alpha value is -0.0800. The summed E-state index contributed by atoms with van der Waals surface area (Å²) >= 11 is 0. The molecule has 0 spiro atoms. The molecule has 1 fully saturated rings. The second-order valence-electron chi connectivity index (χ2n) is 5.70. The first-order chi connectivity index (χ1) is 7.01. The lowest BCUT2D eigenvalue weighted by molar-refractivity contribution is 0.0734. The van der Waals surface area contributed by atoms with E-state index in [-0.39, 0.29) is 0 Å². The highest BCUT2D eigenvalue weighted by Gasteiger charge is 2.22. The highest BCUT2D eigenvalue weighted by Crippen LogP contribution is 2.27. The summed E-state index contributed by atoms with van der Waals surface area (Å²) < 4.78 is 0. The van der Waals surface area contributed by atoms with Crippen LogP contribution in [0.5, 0.6) is 0 Å². The highest BCUT2D eigenvalue weighted by atomic mass is 16.3. The van der Waals surface area contributed by atoms with Gasteiger partial charge in [-0.05, 0) is 45.4 Å². The summed E-state index contributed by atoms with van der Waals surface area (Å²) in [7, 11) is 0. The average molecular weight is 213 g/mol. The van der Waals surface area contributed by atoms with Gasteiger partial charge in [0, 0.05) is 12.6 Å². The van der Waals surface area contributed by atoms with Gasteiger partial charge in [0.15, 0.2) is 0 Å². The molecule has 0 aliphatic heterocycles. The molecule has 0 bridgehead atoms. The molecular weight excluding hydrogens is 186 g/mol. The van der Waals surface area contributed by atoms with Gasteiger partial charge in [-0.25, -0.2) is 0 Å². The minimum atomic E-state index is -0.569. The molecule has 2 nitrogen and oxygen atoms in total. The largest absolute Gasteiger partial charge is 0.389 e. The third-order valence-electron chi connectivity index (χ3n) is 3.37. The Morgan fingerprint density at radius 1 is 1.20 bits per heavy atom. The van der Waals surface area contributed by atoms with Gasteiger partial charge in [-0.1, -0.05) is 19.8 Å². The fourth-order valence-corrected chi connectivity index (χ4v) is 2.46. The first-order valence-electron chi connectivity index (χ1n) is 6.47. The van der Waals surface area contributed by atoms with Crippen molar-refractivity contribution < 1.29 is 5.11 Å². The van der Waals surface area contributed by atoms with Gasteiger partial charge in [-0.2, -0.15) is 0 Å². The molecule has 0 radical (unpaired) electrons. The number of nitrogens with one attached hydrogen (secondary N) is 1. The van der Waals surface area contributed by atoms with E-state index in [1.165, 1.54) is 38.5 Å². The number of hydrogen-bond donors (Lipinski definition) is 2. The molecule has 0 atom stereocenters. The molecule has 1 rings (SSSR count). The van der Waals surface area contributed by atoms with Crippen LogP contribution in [-0.4, -0.2) is 23.3 Å². The fourth-order valence-electron chi connectivity index (χ4n) is 2.46. The van der Waals surface area contributed by atoms with E-state index in [9.17, 15) is 5.11 Å². The second-order valence-corrected chi connectivity index (χ2v) is 5.70. The molecule has 0 aromatic heterocycles. The number of rotatable bonds is 5. The predicted octanol–water partition coefficient (Wildman–Crippen LogP) is 2.71. The van der Waals surface area contributed by atoms with Crippen molar-refractivity contribution in [2.45, 2.75) is 70.9 Å². The first-order valence-corrected chi connectivity index (χ1v) is 6.47. The normalized spacial score (nSPS) is 28.0. The van der Waals surface area contributed by atoms with Crippen molar-refractivity contribution in [3.8, 4) is 0 Å². The molecule has 0 amide bonds. The van der Waals surface area contributed by atoms with Crippen molar-refractivity contribution in [3.63, 3.8) is 0 Å². The molecule has 2 N–H and O–H groups in total. The fraction of sp³-hybridized carbons (Fsp3) is 1.00. The monoisotopic (exact) mass is 213 g/mol. The minimum absolute atomic E-state index is 0.569. The number of aliphatic hydroxyl groups is 1. The molecule has 1 aliphatic carbocycles. The lowest BCUT2D eigenvalue weighted by atomic mass is 9.83. The third kappa shape index (κ3) is 5.53. The third-order valence-corrected chi connectivity index (χ3v) is 3.37. The van der Waals surface area contributed by atoms with E-state index >= 15 is 0 Å². The van der Waals surface area contributed by atoms with E-state index in [0.29, 0.717) is 6.04 Å². The molecular formula is C13H27NO. The van der Waals surface area contributed by atoms with Crippen molar-refractivity contribution in [1.29, 1.82) is 0 Å². The van der Waals surface area contributed by atoms with Crippen molar-refractivity contribution in [1.82, 2.24) is 5.32 Å². The van der Waals surface area contributed by atoms with E-state index in [0.717, 1.165) is 12.5 Å². The van der Waals surface area contributed by atoms with Crippen LogP contribution in [-0.2, 0) is 0 Å². The molecule has 0 saturated heterocycles. The van der Waals surface area contributed by atoms with Crippen LogP contribution in [0.1, 0.15) is 59.3 Å². The van der Waals surface area contributed by atoms with Crippen LogP contribution in [0.25, 0.3) is 0 Å². The Morgan fingerprint density at radius 3 is 2.27 bits per heavy atom. The van der Waals surface area contributed by atoms with Crippen molar-refractivity contribution in [3.05, 3.63) is 0 Å². The first kappa shape index (κ1) is 13.0. The van der Waals surface area contributed by atoms with Crippen LogP contribution < -0.4 is 5.32 Å². The van der Waals surface area contributed by atoms with E-state index < -0.39 is 5.60 Å². The maximum atomic E-state index is 9.62. The van der Waals surface area contributed by atoms with Gasteiger partial charge in [0.2, 0.25) is 0 Å². The number of hydrogen-bond acceptors (Lipinski definition) is 2. The zero-order valence-electron chi connectivity index (χ0n) is 10.6. The quantitative estimate of drug-likeness (QED) is 0.736. The van der Waals surface area contributed by atoms with Gasteiger partial charge in [0.1, 0.15) is 0 Å². The van der Waals surface area contributed by atoms with Crippen LogP contribution in [0, 0.1) is 5.92 Å². The SMILES string of the molecule is CCCC1CCC(NCC(C)(C)O)CC1. The molecule has 1 aliphatic rings. The van der Waals surface area contributed by atoms with E-state index in [2.05, 4.69) is 12.2 Å². The highest BCUT2D eigenvalue weighted by molar-refractivity contribution is 4.79. The molecule has 90 valence electrons. The zero-order valence-corrected chi connectivity index (χ0v) is 10.6. The molecule has 0 aromatic rings. The lowest BCUT2D eigenvalue weighted by Gasteiger charge is -2.31. The molecule has 0 aromatic carbocycles. The summed E-state index contributed by atoms with van der Waals surface area (Å²) in [5.74, 6) is 0.968. The van der Waals surface area contributed by atoms with Gasteiger partial charge in [-0.3, -0.25) is 0 Å². The van der Waals surface area contributed by atoms with Gasteiger partial charge >= 0.3 is 0 Å². The Kier molecular flexibility index (Phi) is 5.07. The average Bonchev–Trinajstić information content (AvgIpc) is 2.16.